The van der Waals surface area contributed by atoms with Crippen LogP contribution in [-0.2, 0) is 4.74 Å². The SMILES string of the molecule is COC(=O)c1cc(C=CCN)cnc1N. The van der Waals surface area contributed by atoms with E-state index in [9.17, 15) is 4.79 Å². The van der Waals surface area contributed by atoms with Crippen molar-refractivity contribution in [3.8, 4) is 0 Å². The van der Waals surface area contributed by atoms with Crippen molar-refractivity contribution in [1.29, 1.82) is 0 Å². The number of pyridine rings is 1. The zero-order chi connectivity index (χ0) is 11.3. The molecule has 0 saturated heterocycles. The zero-order valence-corrected chi connectivity index (χ0v) is 8.43. The molecule has 0 unspecified atom stereocenters. The Morgan fingerprint density at radius 3 is 3.00 bits per heavy atom. The quantitative estimate of drug-likeness (QED) is 0.701. The van der Waals surface area contributed by atoms with Gasteiger partial charge in [0.1, 0.15) is 11.4 Å². The van der Waals surface area contributed by atoms with Gasteiger partial charge in [0.2, 0.25) is 0 Å². The molecular formula is C10H13N3O2. The van der Waals surface area contributed by atoms with Gasteiger partial charge in [0.15, 0.2) is 0 Å². The van der Waals surface area contributed by atoms with Gasteiger partial charge in [-0.25, -0.2) is 9.78 Å². The van der Waals surface area contributed by atoms with Gasteiger partial charge in [0.05, 0.1) is 7.11 Å². The third-order valence-electron chi connectivity index (χ3n) is 1.79. The van der Waals surface area contributed by atoms with Crippen molar-refractivity contribution < 1.29 is 9.53 Å². The van der Waals surface area contributed by atoms with Crippen molar-refractivity contribution in [3.63, 3.8) is 0 Å². The molecule has 1 aromatic heterocycles. The number of aromatic nitrogens is 1. The number of rotatable bonds is 3. The molecule has 1 rings (SSSR count). The van der Waals surface area contributed by atoms with Crippen LogP contribution >= 0.6 is 0 Å². The first-order valence-electron chi connectivity index (χ1n) is 4.39. The first kappa shape index (κ1) is 11.2. The topological polar surface area (TPSA) is 91.2 Å². The van der Waals surface area contributed by atoms with Crippen molar-refractivity contribution in [3.05, 3.63) is 29.5 Å². The molecule has 4 N–H and O–H groups in total. The van der Waals surface area contributed by atoms with Crippen molar-refractivity contribution in [2.45, 2.75) is 0 Å². The van der Waals surface area contributed by atoms with E-state index in [4.69, 9.17) is 11.5 Å². The number of anilines is 1. The van der Waals surface area contributed by atoms with Gasteiger partial charge in [-0.3, -0.25) is 0 Å². The van der Waals surface area contributed by atoms with Crippen LogP contribution in [0.3, 0.4) is 0 Å². The van der Waals surface area contributed by atoms with E-state index in [0.29, 0.717) is 6.54 Å². The minimum absolute atomic E-state index is 0.159. The highest BCUT2D eigenvalue weighted by Gasteiger charge is 2.10. The first-order valence-corrected chi connectivity index (χ1v) is 4.39. The second-order valence-corrected chi connectivity index (χ2v) is 2.83. The lowest BCUT2D eigenvalue weighted by atomic mass is 10.2. The summed E-state index contributed by atoms with van der Waals surface area (Å²) in [5.74, 6) is -0.338. The molecular weight excluding hydrogens is 194 g/mol. The largest absolute Gasteiger partial charge is 0.465 e. The maximum atomic E-state index is 11.3. The van der Waals surface area contributed by atoms with Crippen LogP contribution in [0.4, 0.5) is 5.82 Å². The van der Waals surface area contributed by atoms with Crippen LogP contribution in [-0.4, -0.2) is 24.6 Å². The van der Waals surface area contributed by atoms with E-state index >= 15 is 0 Å². The molecule has 0 amide bonds. The molecule has 80 valence electrons. The molecule has 0 atom stereocenters. The fraction of sp³-hybridized carbons (Fsp3) is 0.200. The Kier molecular flexibility index (Phi) is 3.82. The number of carbonyl (C=O) groups excluding carboxylic acids is 1. The minimum Gasteiger partial charge on any atom is -0.465 e. The lowest BCUT2D eigenvalue weighted by molar-refractivity contribution is 0.0601. The van der Waals surface area contributed by atoms with Crippen LogP contribution in [0.25, 0.3) is 6.08 Å². The van der Waals surface area contributed by atoms with E-state index in [2.05, 4.69) is 9.72 Å². The van der Waals surface area contributed by atoms with E-state index in [1.165, 1.54) is 7.11 Å². The summed E-state index contributed by atoms with van der Waals surface area (Å²) in [5, 5.41) is 0. The van der Waals surface area contributed by atoms with Crippen LogP contribution in [0, 0.1) is 0 Å². The normalized spacial score (nSPS) is 10.5. The molecule has 0 aliphatic carbocycles. The molecule has 15 heavy (non-hydrogen) atoms. The van der Waals surface area contributed by atoms with Gasteiger partial charge in [-0.05, 0) is 11.6 Å². The Morgan fingerprint density at radius 2 is 2.40 bits per heavy atom. The fourth-order valence-corrected chi connectivity index (χ4v) is 1.06. The Labute approximate surface area is 87.7 Å². The van der Waals surface area contributed by atoms with Gasteiger partial charge in [0.25, 0.3) is 0 Å². The molecule has 0 spiro atoms. The predicted molar refractivity (Wildman–Crippen MR) is 58.1 cm³/mol. The van der Waals surface area contributed by atoms with Gasteiger partial charge in [-0.1, -0.05) is 12.2 Å². The number of hydrogen-bond acceptors (Lipinski definition) is 5. The summed E-state index contributed by atoms with van der Waals surface area (Å²) in [6.45, 7) is 0.429. The number of carbonyl (C=O) groups is 1. The highest BCUT2D eigenvalue weighted by molar-refractivity contribution is 5.94. The van der Waals surface area contributed by atoms with Crippen LogP contribution in [0.1, 0.15) is 15.9 Å². The molecule has 0 aromatic carbocycles. The second-order valence-electron chi connectivity index (χ2n) is 2.83. The summed E-state index contributed by atoms with van der Waals surface area (Å²) in [7, 11) is 1.30. The van der Waals surface area contributed by atoms with Gasteiger partial charge >= 0.3 is 5.97 Å². The summed E-state index contributed by atoms with van der Waals surface area (Å²) in [6.07, 6.45) is 5.08. The van der Waals surface area contributed by atoms with E-state index in [-0.39, 0.29) is 11.4 Å². The molecule has 1 heterocycles. The average Bonchev–Trinajstić information content (AvgIpc) is 2.27. The monoisotopic (exact) mass is 207 g/mol. The number of hydrogen-bond donors (Lipinski definition) is 2. The standard InChI is InChI=1S/C10H13N3O2/c1-15-10(14)8-5-7(3-2-4-11)6-13-9(8)12/h2-3,5-6H,4,11H2,1H3,(H2,12,13). The van der Waals surface area contributed by atoms with Gasteiger partial charge in [-0.15, -0.1) is 0 Å². The lowest BCUT2D eigenvalue weighted by Gasteiger charge is -2.03. The summed E-state index contributed by atoms with van der Waals surface area (Å²) in [5.41, 5.74) is 11.9. The zero-order valence-electron chi connectivity index (χ0n) is 8.43. The Morgan fingerprint density at radius 1 is 1.67 bits per heavy atom. The highest BCUT2D eigenvalue weighted by Crippen LogP contribution is 2.12. The first-order chi connectivity index (χ1) is 7.19. The van der Waals surface area contributed by atoms with E-state index in [1.807, 2.05) is 0 Å². The van der Waals surface area contributed by atoms with Crippen molar-refractivity contribution >= 4 is 17.9 Å². The molecule has 0 fully saturated rings. The summed E-state index contributed by atoms with van der Waals surface area (Å²) >= 11 is 0. The average molecular weight is 207 g/mol. The third-order valence-corrected chi connectivity index (χ3v) is 1.79. The summed E-state index contributed by atoms with van der Waals surface area (Å²) in [6, 6.07) is 1.61. The lowest BCUT2D eigenvalue weighted by Crippen LogP contribution is -2.07. The highest BCUT2D eigenvalue weighted by atomic mass is 16.5. The summed E-state index contributed by atoms with van der Waals surface area (Å²) < 4.78 is 4.57. The number of methoxy groups -OCH3 is 1. The summed E-state index contributed by atoms with van der Waals surface area (Å²) in [4.78, 5) is 15.2. The smallest absolute Gasteiger partial charge is 0.341 e. The predicted octanol–water partition coefficient (Wildman–Crippen LogP) is 0.422. The molecule has 0 aliphatic rings. The van der Waals surface area contributed by atoms with E-state index in [0.717, 1.165) is 5.56 Å². The van der Waals surface area contributed by atoms with Crippen LogP contribution in [0.15, 0.2) is 18.3 Å². The van der Waals surface area contributed by atoms with E-state index in [1.54, 1.807) is 24.4 Å². The Balaban J connectivity index is 3.05. The number of ether oxygens (including phenoxy) is 1. The number of nitrogen functional groups attached to an aromatic ring is 1. The van der Waals surface area contributed by atoms with E-state index < -0.39 is 5.97 Å². The number of nitrogens with zero attached hydrogens (tertiary/aromatic N) is 1. The van der Waals surface area contributed by atoms with Gasteiger partial charge < -0.3 is 16.2 Å². The third kappa shape index (κ3) is 2.78. The molecule has 0 aliphatic heterocycles. The number of esters is 1. The van der Waals surface area contributed by atoms with Gasteiger partial charge in [-0.2, -0.15) is 0 Å². The molecule has 0 saturated carbocycles. The maximum Gasteiger partial charge on any atom is 0.341 e. The van der Waals surface area contributed by atoms with Crippen molar-refractivity contribution in [2.75, 3.05) is 19.4 Å². The Hall–Kier alpha value is -1.88. The van der Waals surface area contributed by atoms with Gasteiger partial charge in [0, 0.05) is 12.7 Å². The molecule has 0 bridgehead atoms. The van der Waals surface area contributed by atoms with Crippen molar-refractivity contribution in [1.82, 2.24) is 4.98 Å². The minimum atomic E-state index is -0.497. The molecule has 1 aromatic rings. The van der Waals surface area contributed by atoms with Crippen LogP contribution in [0.5, 0.6) is 0 Å². The number of nitrogens with two attached hydrogens (primary N) is 2. The second kappa shape index (κ2) is 5.11. The Bertz CT molecular complexity index is 388. The maximum absolute atomic E-state index is 11.3. The fourth-order valence-electron chi connectivity index (χ4n) is 1.06. The molecule has 5 nitrogen and oxygen atoms in total. The van der Waals surface area contributed by atoms with Crippen LogP contribution in [0.2, 0.25) is 0 Å². The molecule has 5 heteroatoms. The van der Waals surface area contributed by atoms with Crippen LogP contribution < -0.4 is 11.5 Å². The van der Waals surface area contributed by atoms with Crippen molar-refractivity contribution in [2.24, 2.45) is 5.73 Å². The molecule has 0 radical (unpaired) electrons.